The molecule has 0 aliphatic heterocycles. The lowest BCUT2D eigenvalue weighted by atomic mass is 10.2. The topological polar surface area (TPSA) is 9.23 Å². The number of allylic oxidation sites excluding steroid dienone is 1. The van der Waals surface area contributed by atoms with Crippen LogP contribution in [0.15, 0.2) is 12.2 Å². The van der Waals surface area contributed by atoms with Gasteiger partial charge in [-0.15, -0.1) is 9.24 Å². The first-order chi connectivity index (χ1) is 6.35. The second kappa shape index (κ2) is 10.2. The van der Waals surface area contributed by atoms with Gasteiger partial charge in [-0.25, -0.2) is 0 Å². The summed E-state index contributed by atoms with van der Waals surface area (Å²) in [6.07, 6.45) is 10.7. The van der Waals surface area contributed by atoms with Crippen molar-refractivity contribution in [3.63, 3.8) is 0 Å². The Hall–Kier alpha value is 0.130. The van der Waals surface area contributed by atoms with Gasteiger partial charge >= 0.3 is 0 Å². The van der Waals surface area contributed by atoms with Gasteiger partial charge in [-0.3, -0.25) is 0 Å². The summed E-state index contributed by atoms with van der Waals surface area (Å²) in [6.45, 7) is 5.07. The summed E-state index contributed by atoms with van der Waals surface area (Å²) in [4.78, 5) is 0. The van der Waals surface area contributed by atoms with E-state index in [1.165, 1.54) is 25.4 Å². The summed E-state index contributed by atoms with van der Waals surface area (Å²) in [7, 11) is 2.76. The molecule has 0 heterocycles. The van der Waals surface area contributed by atoms with E-state index in [1.54, 1.807) is 0 Å². The van der Waals surface area contributed by atoms with Crippen LogP contribution < -0.4 is 0 Å². The van der Waals surface area contributed by atoms with Crippen molar-refractivity contribution in [1.29, 1.82) is 0 Å². The first-order valence-electron chi connectivity index (χ1n) is 5.33. The van der Waals surface area contributed by atoms with Gasteiger partial charge in [-0.2, -0.15) is 0 Å². The average Bonchev–Trinajstić information content (AvgIpc) is 2.14. The fourth-order valence-corrected chi connectivity index (χ4v) is 1.42. The van der Waals surface area contributed by atoms with Crippen molar-refractivity contribution < 1.29 is 4.74 Å². The van der Waals surface area contributed by atoms with E-state index in [0.717, 1.165) is 13.0 Å². The highest BCUT2D eigenvalue weighted by Crippen LogP contribution is 2.06. The molecule has 0 saturated carbocycles. The molecule has 13 heavy (non-hydrogen) atoms. The maximum absolute atomic E-state index is 5.59. The molecule has 2 atom stereocenters. The molecule has 0 rings (SSSR count). The summed E-state index contributed by atoms with van der Waals surface area (Å²) < 4.78 is 5.59. The molecular formula is C11H23OP. The molecule has 0 fully saturated rings. The summed E-state index contributed by atoms with van der Waals surface area (Å²) in [5.41, 5.74) is 0. The van der Waals surface area contributed by atoms with Crippen LogP contribution in [0, 0.1) is 0 Å². The highest BCUT2D eigenvalue weighted by molar-refractivity contribution is 7.16. The van der Waals surface area contributed by atoms with Crippen molar-refractivity contribution in [1.82, 2.24) is 0 Å². The van der Waals surface area contributed by atoms with Gasteiger partial charge in [-0.1, -0.05) is 25.5 Å². The highest BCUT2D eigenvalue weighted by Gasteiger charge is 2.01. The predicted octanol–water partition coefficient (Wildman–Crippen LogP) is 3.40. The minimum Gasteiger partial charge on any atom is -0.374 e. The first kappa shape index (κ1) is 13.1. The lowest BCUT2D eigenvalue weighted by molar-refractivity contribution is 0.0898. The van der Waals surface area contributed by atoms with Gasteiger partial charge in [0.1, 0.15) is 0 Å². The average molecular weight is 202 g/mol. The quantitative estimate of drug-likeness (QED) is 0.433. The van der Waals surface area contributed by atoms with Crippen LogP contribution in [-0.4, -0.2) is 18.9 Å². The molecule has 0 aromatic carbocycles. The molecule has 0 spiro atoms. The zero-order valence-corrected chi connectivity index (χ0v) is 10.1. The molecule has 0 aromatic rings. The number of hydrogen-bond donors (Lipinski definition) is 0. The summed E-state index contributed by atoms with van der Waals surface area (Å²) in [6, 6.07) is 0. The predicted molar refractivity (Wildman–Crippen MR) is 63.3 cm³/mol. The minimum atomic E-state index is 0.345. The normalized spacial score (nSPS) is 13.8. The van der Waals surface area contributed by atoms with E-state index in [1.807, 2.05) is 0 Å². The van der Waals surface area contributed by atoms with Crippen LogP contribution in [-0.2, 0) is 4.74 Å². The monoisotopic (exact) mass is 202 g/mol. The third-order valence-electron chi connectivity index (χ3n) is 1.88. The Labute approximate surface area is 85.1 Å². The maximum Gasteiger partial charge on any atom is 0.0755 e. The third-order valence-corrected chi connectivity index (χ3v) is 2.29. The molecule has 0 aromatic heterocycles. The number of unbranched alkanes of at least 4 members (excludes halogenated alkanes) is 1. The molecule has 0 aliphatic carbocycles. The third kappa shape index (κ3) is 8.46. The van der Waals surface area contributed by atoms with Gasteiger partial charge in [0.25, 0.3) is 0 Å². The standard InChI is InChI=1S/C11H23OP/c1-3-5-6-8-11(12-4-2)9-7-10-13/h6,8,11H,3-5,7,9-10,13H2,1-2H3. The van der Waals surface area contributed by atoms with Gasteiger partial charge < -0.3 is 4.74 Å². The van der Waals surface area contributed by atoms with Gasteiger partial charge in [-0.05, 0) is 32.3 Å². The zero-order chi connectivity index (χ0) is 9.94. The van der Waals surface area contributed by atoms with Crippen LogP contribution in [0.1, 0.15) is 39.5 Å². The lowest BCUT2D eigenvalue weighted by Crippen LogP contribution is -2.09. The minimum absolute atomic E-state index is 0.345. The highest BCUT2D eigenvalue weighted by atomic mass is 31.0. The van der Waals surface area contributed by atoms with E-state index in [9.17, 15) is 0 Å². The molecule has 0 aliphatic rings. The largest absolute Gasteiger partial charge is 0.374 e. The molecule has 1 nitrogen and oxygen atoms in total. The molecule has 0 saturated heterocycles. The summed E-state index contributed by atoms with van der Waals surface area (Å²) in [5.74, 6) is 0. The smallest absolute Gasteiger partial charge is 0.0755 e. The Morgan fingerprint density at radius 1 is 1.38 bits per heavy atom. The number of hydrogen-bond acceptors (Lipinski definition) is 1. The van der Waals surface area contributed by atoms with Crippen molar-refractivity contribution in [2.75, 3.05) is 12.8 Å². The van der Waals surface area contributed by atoms with Crippen LogP contribution in [0.5, 0.6) is 0 Å². The fourth-order valence-electron chi connectivity index (χ4n) is 1.18. The van der Waals surface area contributed by atoms with E-state index in [2.05, 4.69) is 35.2 Å². The van der Waals surface area contributed by atoms with Crippen LogP contribution in [0.25, 0.3) is 0 Å². The second-order valence-electron chi connectivity index (χ2n) is 3.14. The Morgan fingerprint density at radius 2 is 2.15 bits per heavy atom. The number of rotatable bonds is 8. The van der Waals surface area contributed by atoms with E-state index >= 15 is 0 Å². The summed E-state index contributed by atoms with van der Waals surface area (Å²) in [5, 5.41) is 0. The number of ether oxygens (including phenoxy) is 1. The Balaban J connectivity index is 3.64. The van der Waals surface area contributed by atoms with Crippen molar-refractivity contribution in [3.05, 3.63) is 12.2 Å². The van der Waals surface area contributed by atoms with Gasteiger partial charge in [0.05, 0.1) is 6.10 Å². The van der Waals surface area contributed by atoms with E-state index in [0.29, 0.717) is 6.10 Å². The van der Waals surface area contributed by atoms with Gasteiger partial charge in [0, 0.05) is 6.61 Å². The SMILES string of the molecule is CCCC=CC(CCCP)OCC. The van der Waals surface area contributed by atoms with Crippen molar-refractivity contribution >= 4 is 9.24 Å². The molecule has 0 radical (unpaired) electrons. The molecule has 0 N–H and O–H groups in total. The Bertz CT molecular complexity index is 123. The van der Waals surface area contributed by atoms with Crippen molar-refractivity contribution in [2.45, 2.75) is 45.6 Å². The van der Waals surface area contributed by atoms with Crippen LogP contribution in [0.3, 0.4) is 0 Å². The van der Waals surface area contributed by atoms with Gasteiger partial charge in [0.15, 0.2) is 0 Å². The maximum atomic E-state index is 5.59. The molecule has 0 bridgehead atoms. The fraction of sp³-hybridized carbons (Fsp3) is 0.818. The lowest BCUT2D eigenvalue weighted by Gasteiger charge is -2.11. The Morgan fingerprint density at radius 3 is 2.69 bits per heavy atom. The van der Waals surface area contributed by atoms with Crippen molar-refractivity contribution in [3.8, 4) is 0 Å². The van der Waals surface area contributed by atoms with Crippen LogP contribution in [0.2, 0.25) is 0 Å². The van der Waals surface area contributed by atoms with E-state index in [-0.39, 0.29) is 0 Å². The first-order valence-corrected chi connectivity index (χ1v) is 6.15. The van der Waals surface area contributed by atoms with Gasteiger partial charge in [0.2, 0.25) is 0 Å². The molecule has 78 valence electrons. The van der Waals surface area contributed by atoms with E-state index < -0.39 is 0 Å². The van der Waals surface area contributed by atoms with Crippen molar-refractivity contribution in [2.24, 2.45) is 0 Å². The Kier molecular flexibility index (Phi) is 10.3. The molecule has 0 amide bonds. The van der Waals surface area contributed by atoms with E-state index in [4.69, 9.17) is 4.74 Å². The zero-order valence-electron chi connectivity index (χ0n) is 8.96. The molecule has 2 unspecified atom stereocenters. The van der Waals surface area contributed by atoms with Crippen LogP contribution >= 0.6 is 9.24 Å². The van der Waals surface area contributed by atoms with Crippen LogP contribution in [0.4, 0.5) is 0 Å². The molecule has 2 heteroatoms. The summed E-state index contributed by atoms with van der Waals surface area (Å²) >= 11 is 0. The molecular weight excluding hydrogens is 179 g/mol. The second-order valence-corrected chi connectivity index (χ2v) is 3.72.